The van der Waals surface area contributed by atoms with E-state index < -0.39 is 11.9 Å². The van der Waals surface area contributed by atoms with Gasteiger partial charge in [0.2, 0.25) is 5.91 Å². The summed E-state index contributed by atoms with van der Waals surface area (Å²) in [6, 6.07) is 14.7. The quantitative estimate of drug-likeness (QED) is 0.584. The minimum Gasteiger partial charge on any atom is -0.457 e. The highest BCUT2D eigenvalue weighted by Gasteiger charge is 2.09. The van der Waals surface area contributed by atoms with E-state index in [1.54, 1.807) is 36.4 Å². The van der Waals surface area contributed by atoms with Gasteiger partial charge in [0.1, 0.15) is 23.1 Å². The van der Waals surface area contributed by atoms with Crippen molar-refractivity contribution in [1.29, 1.82) is 0 Å². The Morgan fingerprint density at radius 3 is 2.34 bits per heavy atom. The van der Waals surface area contributed by atoms with Gasteiger partial charge in [-0.3, -0.25) is 10.1 Å². The first kappa shape index (κ1) is 21.6. The molecule has 4 N–H and O–H groups in total. The molecule has 7 nitrogen and oxygen atoms in total. The fraction of sp³-hybridized carbons (Fsp3) is 0.0500. The third-order valence-corrected chi connectivity index (χ3v) is 3.63. The number of halogens is 2. The molecule has 0 aliphatic heterocycles. The topological polar surface area (TPSA) is 106 Å². The van der Waals surface area contributed by atoms with Crippen LogP contribution in [0.1, 0.15) is 5.56 Å². The van der Waals surface area contributed by atoms with E-state index in [0.29, 0.717) is 28.6 Å². The summed E-state index contributed by atoms with van der Waals surface area (Å²) in [4.78, 5) is 27.7. The molecular weight excluding hydrogens is 399 g/mol. The highest BCUT2D eigenvalue weighted by atomic mass is 35.5. The molecule has 0 atom stereocenters. The predicted molar refractivity (Wildman–Crippen MR) is 110 cm³/mol. The average molecular weight is 417 g/mol. The number of nitrogens with zero attached hydrogens (tertiary/aromatic N) is 1. The van der Waals surface area contributed by atoms with Crippen LogP contribution in [0.3, 0.4) is 0 Å². The minimum absolute atomic E-state index is 0. The van der Waals surface area contributed by atoms with E-state index >= 15 is 0 Å². The van der Waals surface area contributed by atoms with E-state index in [2.05, 4.69) is 15.6 Å². The Balaban J connectivity index is 0.00000300. The number of nitrogen functional groups attached to an aromatic ring is 1. The van der Waals surface area contributed by atoms with Gasteiger partial charge in [0.15, 0.2) is 0 Å². The summed E-state index contributed by atoms with van der Waals surface area (Å²) < 4.78 is 18.5. The molecule has 0 aliphatic rings. The van der Waals surface area contributed by atoms with Crippen molar-refractivity contribution < 1.29 is 18.7 Å². The molecule has 0 saturated carbocycles. The normalized spacial score (nSPS) is 9.83. The second-order valence-electron chi connectivity index (χ2n) is 5.85. The molecule has 0 saturated heterocycles. The smallest absolute Gasteiger partial charge is 0.325 e. The number of hydrogen-bond donors (Lipinski definition) is 3. The van der Waals surface area contributed by atoms with Crippen LogP contribution in [-0.2, 0) is 11.2 Å². The Morgan fingerprint density at radius 1 is 1.00 bits per heavy atom. The van der Waals surface area contributed by atoms with Crippen molar-refractivity contribution in [2.75, 3.05) is 11.1 Å². The van der Waals surface area contributed by atoms with Gasteiger partial charge in [-0.05, 0) is 48.0 Å². The number of carbonyl (C=O) groups is 2. The number of pyridine rings is 1. The van der Waals surface area contributed by atoms with Crippen molar-refractivity contribution in [2.24, 2.45) is 0 Å². The number of benzene rings is 2. The third-order valence-electron chi connectivity index (χ3n) is 3.63. The number of imide groups is 1. The molecular formula is C20H18ClFN4O3. The number of carbonyl (C=O) groups excluding carboxylic acids is 2. The number of aromatic nitrogens is 1. The standard InChI is InChI=1S/C20H17FN4O3.ClH/c21-14-3-1-13(2-4-14)11-19(26)25-20(27)24-15-5-7-16(8-6-15)28-17-9-10-23-18(22)12-17;/h1-10,12H,11H2,(H2,22,23)(H2,24,25,26,27);1H. The molecule has 0 fully saturated rings. The van der Waals surface area contributed by atoms with E-state index in [1.165, 1.54) is 30.5 Å². The maximum atomic E-state index is 12.9. The fourth-order valence-electron chi connectivity index (χ4n) is 2.35. The zero-order valence-corrected chi connectivity index (χ0v) is 15.9. The molecule has 2 aromatic carbocycles. The van der Waals surface area contributed by atoms with Crippen molar-refractivity contribution in [1.82, 2.24) is 10.3 Å². The van der Waals surface area contributed by atoms with Crippen molar-refractivity contribution in [2.45, 2.75) is 6.42 Å². The van der Waals surface area contributed by atoms with Crippen molar-refractivity contribution >= 4 is 35.9 Å². The number of nitrogens with two attached hydrogens (primary N) is 1. The lowest BCUT2D eigenvalue weighted by Gasteiger charge is -2.09. The van der Waals surface area contributed by atoms with Crippen LogP contribution in [0.5, 0.6) is 11.5 Å². The predicted octanol–water partition coefficient (Wildman–Crippen LogP) is 3.91. The minimum atomic E-state index is -0.664. The molecule has 3 amide bonds. The van der Waals surface area contributed by atoms with Crippen LogP contribution in [0.4, 0.5) is 20.7 Å². The van der Waals surface area contributed by atoms with E-state index in [4.69, 9.17) is 10.5 Å². The molecule has 1 aromatic heterocycles. The number of ether oxygens (including phenoxy) is 1. The van der Waals surface area contributed by atoms with Gasteiger partial charge in [0.25, 0.3) is 0 Å². The first-order chi connectivity index (χ1) is 13.5. The lowest BCUT2D eigenvalue weighted by atomic mass is 10.1. The van der Waals surface area contributed by atoms with Crippen molar-refractivity contribution in [3.8, 4) is 11.5 Å². The van der Waals surface area contributed by atoms with Gasteiger partial charge in [-0.25, -0.2) is 14.2 Å². The first-order valence-corrected chi connectivity index (χ1v) is 8.33. The van der Waals surface area contributed by atoms with Gasteiger partial charge in [0, 0.05) is 18.0 Å². The fourth-order valence-corrected chi connectivity index (χ4v) is 2.35. The highest BCUT2D eigenvalue weighted by molar-refractivity contribution is 6.01. The van der Waals surface area contributed by atoms with Crippen LogP contribution >= 0.6 is 12.4 Å². The van der Waals surface area contributed by atoms with Crippen LogP contribution < -0.4 is 21.1 Å². The molecule has 0 unspecified atom stereocenters. The Hall–Kier alpha value is -3.65. The SMILES string of the molecule is Cl.Nc1cc(Oc2ccc(NC(=O)NC(=O)Cc3ccc(F)cc3)cc2)ccn1. The summed E-state index contributed by atoms with van der Waals surface area (Å²) in [5, 5.41) is 4.77. The number of rotatable bonds is 5. The van der Waals surface area contributed by atoms with E-state index in [-0.39, 0.29) is 24.6 Å². The largest absolute Gasteiger partial charge is 0.457 e. The molecule has 0 bridgehead atoms. The summed E-state index contributed by atoms with van der Waals surface area (Å²) in [7, 11) is 0. The van der Waals surface area contributed by atoms with Gasteiger partial charge in [-0.2, -0.15) is 0 Å². The first-order valence-electron chi connectivity index (χ1n) is 8.33. The Bertz CT molecular complexity index is 982. The van der Waals surface area contributed by atoms with Crippen molar-refractivity contribution in [3.63, 3.8) is 0 Å². The van der Waals surface area contributed by atoms with Crippen molar-refractivity contribution in [3.05, 3.63) is 78.2 Å². The molecule has 1 heterocycles. The van der Waals surface area contributed by atoms with Gasteiger partial charge < -0.3 is 15.8 Å². The zero-order valence-electron chi connectivity index (χ0n) is 15.1. The Kier molecular flexibility index (Phi) is 7.50. The summed E-state index contributed by atoms with van der Waals surface area (Å²) >= 11 is 0. The molecule has 0 aliphatic carbocycles. The van der Waals surface area contributed by atoms with Crippen LogP contribution in [0.15, 0.2) is 66.9 Å². The summed E-state index contributed by atoms with van der Waals surface area (Å²) in [5.41, 5.74) is 6.68. The van der Waals surface area contributed by atoms with Crippen LogP contribution in [-0.4, -0.2) is 16.9 Å². The molecule has 9 heteroatoms. The van der Waals surface area contributed by atoms with Gasteiger partial charge in [-0.15, -0.1) is 12.4 Å². The Morgan fingerprint density at radius 2 is 1.69 bits per heavy atom. The summed E-state index contributed by atoms with van der Waals surface area (Å²) in [6.07, 6.45) is 1.50. The number of amides is 3. The lowest BCUT2D eigenvalue weighted by molar-refractivity contribution is -0.119. The zero-order chi connectivity index (χ0) is 19.9. The summed E-state index contributed by atoms with van der Waals surface area (Å²) in [6.45, 7) is 0. The van der Waals surface area contributed by atoms with Crippen LogP contribution in [0.2, 0.25) is 0 Å². The Labute approximate surface area is 172 Å². The highest BCUT2D eigenvalue weighted by Crippen LogP contribution is 2.23. The molecule has 29 heavy (non-hydrogen) atoms. The maximum Gasteiger partial charge on any atom is 0.325 e. The summed E-state index contributed by atoms with van der Waals surface area (Å²) in [5.74, 6) is 0.542. The molecule has 150 valence electrons. The number of anilines is 2. The third kappa shape index (κ3) is 6.78. The van der Waals surface area contributed by atoms with Gasteiger partial charge in [0.05, 0.1) is 6.42 Å². The number of hydrogen-bond acceptors (Lipinski definition) is 5. The lowest BCUT2D eigenvalue weighted by Crippen LogP contribution is -2.35. The van der Waals surface area contributed by atoms with Gasteiger partial charge >= 0.3 is 6.03 Å². The van der Waals surface area contributed by atoms with Gasteiger partial charge in [-0.1, -0.05) is 12.1 Å². The van der Waals surface area contributed by atoms with E-state index in [1.807, 2.05) is 0 Å². The number of nitrogens with one attached hydrogen (secondary N) is 2. The second kappa shape index (κ2) is 10.0. The van der Waals surface area contributed by atoms with Crippen LogP contribution in [0.25, 0.3) is 0 Å². The van der Waals surface area contributed by atoms with E-state index in [0.717, 1.165) is 0 Å². The van der Waals surface area contributed by atoms with Crippen LogP contribution in [0, 0.1) is 5.82 Å². The number of urea groups is 1. The average Bonchev–Trinajstić information content (AvgIpc) is 2.65. The molecule has 0 radical (unpaired) electrons. The second-order valence-corrected chi connectivity index (χ2v) is 5.85. The molecule has 3 rings (SSSR count). The maximum absolute atomic E-state index is 12.9. The van der Waals surface area contributed by atoms with E-state index in [9.17, 15) is 14.0 Å². The monoisotopic (exact) mass is 416 g/mol. The molecule has 3 aromatic rings. The molecule has 0 spiro atoms.